The molecule has 1 fully saturated rings. The van der Waals surface area contributed by atoms with Gasteiger partial charge in [0.1, 0.15) is 0 Å². The van der Waals surface area contributed by atoms with Crippen LogP contribution in [0.4, 0.5) is 5.69 Å². The number of fused-ring (bicyclic) bond motifs is 1. The summed E-state index contributed by atoms with van der Waals surface area (Å²) in [5, 5.41) is 21.7. The molecule has 166 valence electrons. The van der Waals surface area contributed by atoms with Crippen LogP contribution in [0.3, 0.4) is 0 Å². The number of methoxy groups -OCH3 is 1. The fourth-order valence-electron chi connectivity index (χ4n) is 4.56. The van der Waals surface area contributed by atoms with Crippen LogP contribution in [0, 0.1) is 28.6 Å². The first-order valence-electron chi connectivity index (χ1n) is 10.8. The zero-order valence-corrected chi connectivity index (χ0v) is 19.7. The van der Waals surface area contributed by atoms with Gasteiger partial charge in [-0.05, 0) is 41.7 Å². The number of carbonyl (C=O) groups is 1. The van der Waals surface area contributed by atoms with Crippen molar-refractivity contribution in [2.45, 2.75) is 0 Å². The van der Waals surface area contributed by atoms with E-state index in [1.54, 1.807) is 18.2 Å². The quantitative estimate of drug-likeness (QED) is 0.358. The second-order valence-corrected chi connectivity index (χ2v) is 8.97. The van der Waals surface area contributed by atoms with E-state index in [4.69, 9.17) is 4.74 Å². The van der Waals surface area contributed by atoms with Crippen LogP contribution < -0.4 is 10.2 Å². The number of rotatable bonds is 4. The Hall–Kier alpha value is -4.12. The van der Waals surface area contributed by atoms with E-state index in [1.165, 1.54) is 7.11 Å². The van der Waals surface area contributed by atoms with E-state index in [-0.39, 0.29) is 11.9 Å². The lowest BCUT2D eigenvalue weighted by molar-refractivity contribution is -0.146. The van der Waals surface area contributed by atoms with Crippen LogP contribution in [0.15, 0.2) is 60.7 Å². The lowest BCUT2D eigenvalue weighted by Crippen LogP contribution is -2.50. The molecule has 1 N–H and O–H groups in total. The van der Waals surface area contributed by atoms with Crippen molar-refractivity contribution < 1.29 is 9.53 Å². The Balaban J connectivity index is 1.68. The summed E-state index contributed by atoms with van der Waals surface area (Å²) in [6.07, 6.45) is 0. The van der Waals surface area contributed by atoms with Gasteiger partial charge in [0.25, 0.3) is 0 Å². The first-order chi connectivity index (χ1) is 16.5. The largest absolute Gasteiger partial charge is 0.469 e. The van der Waals surface area contributed by atoms with Gasteiger partial charge >= 0.3 is 5.97 Å². The van der Waals surface area contributed by atoms with Crippen LogP contribution in [0.1, 0.15) is 11.1 Å². The highest BCUT2D eigenvalue weighted by Crippen LogP contribution is 2.42. The average Bonchev–Trinajstić information content (AvgIpc) is 3.20. The Kier molecular flexibility index (Phi) is 5.54. The standard InChI is InChI=1S/C27H21N4O2P/c1-33-27(32)19-14-31(15-19)20-7-3-4-16(10-20)26-25(22-11-21(34)8-9-23(22)30-26)24-17(12-28)5-2-6-18(24)13-29/h2-11,19,30H,14-15,34H2,1H3. The Bertz CT molecular complexity index is 1490. The number of hydrogen-bond donors (Lipinski definition) is 1. The molecule has 7 heteroatoms. The summed E-state index contributed by atoms with van der Waals surface area (Å²) in [5.41, 5.74) is 6.08. The molecule has 0 radical (unpaired) electrons. The Morgan fingerprint density at radius 3 is 2.41 bits per heavy atom. The van der Waals surface area contributed by atoms with Gasteiger partial charge in [0, 0.05) is 46.4 Å². The van der Waals surface area contributed by atoms with Crippen molar-refractivity contribution in [2.24, 2.45) is 5.92 Å². The maximum absolute atomic E-state index is 11.8. The number of nitrogens with zero attached hydrogens (tertiary/aromatic N) is 3. The van der Waals surface area contributed by atoms with E-state index in [9.17, 15) is 15.3 Å². The second kappa shape index (κ2) is 8.67. The molecule has 1 aliphatic rings. The number of esters is 1. The topological polar surface area (TPSA) is 92.9 Å². The number of carbonyl (C=O) groups excluding carboxylic acids is 1. The highest BCUT2D eigenvalue weighted by atomic mass is 31.0. The lowest BCUT2D eigenvalue weighted by Gasteiger charge is -2.39. The third kappa shape index (κ3) is 3.59. The van der Waals surface area contributed by atoms with Gasteiger partial charge in [-0.25, -0.2) is 0 Å². The molecule has 3 aromatic carbocycles. The summed E-state index contributed by atoms with van der Waals surface area (Å²) in [7, 11) is 4.12. The van der Waals surface area contributed by atoms with Gasteiger partial charge < -0.3 is 14.6 Å². The van der Waals surface area contributed by atoms with Crippen molar-refractivity contribution in [1.82, 2.24) is 4.98 Å². The minimum absolute atomic E-state index is 0.113. The number of nitriles is 2. The van der Waals surface area contributed by atoms with Crippen molar-refractivity contribution in [3.8, 4) is 34.5 Å². The van der Waals surface area contributed by atoms with Crippen molar-refractivity contribution in [3.05, 3.63) is 71.8 Å². The maximum atomic E-state index is 11.8. The first kappa shape index (κ1) is 21.7. The van der Waals surface area contributed by atoms with Crippen LogP contribution in [0.2, 0.25) is 0 Å². The van der Waals surface area contributed by atoms with Gasteiger partial charge in [-0.3, -0.25) is 4.79 Å². The van der Waals surface area contributed by atoms with Gasteiger partial charge in [-0.15, -0.1) is 9.24 Å². The normalized spacial score (nSPS) is 13.2. The third-order valence-corrected chi connectivity index (χ3v) is 6.65. The smallest absolute Gasteiger partial charge is 0.312 e. The van der Waals surface area contributed by atoms with Crippen LogP contribution in [0.25, 0.3) is 33.3 Å². The molecule has 1 aliphatic heterocycles. The third-order valence-electron chi connectivity index (χ3n) is 6.29. The van der Waals surface area contributed by atoms with Crippen molar-refractivity contribution in [3.63, 3.8) is 0 Å². The number of nitrogens with one attached hydrogen (secondary N) is 1. The molecule has 1 aromatic heterocycles. The fraction of sp³-hybridized carbons (Fsp3) is 0.148. The zero-order valence-electron chi connectivity index (χ0n) is 18.5. The molecule has 34 heavy (non-hydrogen) atoms. The Morgan fingerprint density at radius 2 is 1.74 bits per heavy atom. The molecule has 4 aromatic rings. The molecule has 2 heterocycles. The van der Waals surface area contributed by atoms with E-state index in [2.05, 4.69) is 37.3 Å². The van der Waals surface area contributed by atoms with E-state index in [0.29, 0.717) is 29.8 Å². The van der Waals surface area contributed by atoms with Crippen molar-refractivity contribution in [2.75, 3.05) is 25.1 Å². The summed E-state index contributed by atoms with van der Waals surface area (Å²) in [6.45, 7) is 1.23. The number of anilines is 1. The van der Waals surface area contributed by atoms with Gasteiger partial charge in [0.05, 0.1) is 42.0 Å². The summed E-state index contributed by atoms with van der Waals surface area (Å²) in [5.74, 6) is -0.297. The molecule has 0 aliphatic carbocycles. The highest BCUT2D eigenvalue weighted by Gasteiger charge is 2.33. The Morgan fingerprint density at radius 1 is 1.03 bits per heavy atom. The summed E-state index contributed by atoms with van der Waals surface area (Å²) in [6, 6.07) is 23.9. The molecule has 0 bridgehead atoms. The number of hydrogen-bond acceptors (Lipinski definition) is 5. The van der Waals surface area contributed by atoms with E-state index in [1.807, 2.05) is 36.4 Å². The van der Waals surface area contributed by atoms with Crippen LogP contribution in [0.5, 0.6) is 0 Å². The molecule has 6 nitrogen and oxygen atoms in total. The van der Waals surface area contributed by atoms with Gasteiger partial charge in [0.2, 0.25) is 0 Å². The number of benzene rings is 3. The molecule has 5 rings (SSSR count). The minimum atomic E-state index is -0.185. The minimum Gasteiger partial charge on any atom is -0.469 e. The zero-order chi connectivity index (χ0) is 23.8. The predicted molar refractivity (Wildman–Crippen MR) is 136 cm³/mol. The van der Waals surface area contributed by atoms with Crippen LogP contribution in [-0.2, 0) is 9.53 Å². The molecular weight excluding hydrogens is 443 g/mol. The van der Waals surface area contributed by atoms with Crippen molar-refractivity contribution in [1.29, 1.82) is 10.5 Å². The Labute approximate surface area is 199 Å². The molecule has 1 unspecified atom stereocenters. The van der Waals surface area contributed by atoms with Gasteiger partial charge in [-0.1, -0.05) is 24.3 Å². The lowest BCUT2D eigenvalue weighted by atomic mass is 9.91. The highest BCUT2D eigenvalue weighted by molar-refractivity contribution is 7.27. The fourth-order valence-corrected chi connectivity index (χ4v) is 4.82. The number of aromatic amines is 1. The maximum Gasteiger partial charge on any atom is 0.312 e. The monoisotopic (exact) mass is 464 g/mol. The molecule has 0 saturated carbocycles. The summed E-state index contributed by atoms with van der Waals surface area (Å²) in [4.78, 5) is 17.5. The summed E-state index contributed by atoms with van der Waals surface area (Å²) < 4.78 is 4.86. The van der Waals surface area contributed by atoms with Crippen LogP contribution in [-0.4, -0.2) is 31.2 Å². The number of ether oxygens (including phenoxy) is 1. The summed E-state index contributed by atoms with van der Waals surface area (Å²) >= 11 is 0. The van der Waals surface area contributed by atoms with E-state index >= 15 is 0 Å². The molecule has 1 atom stereocenters. The van der Waals surface area contributed by atoms with Gasteiger partial charge in [-0.2, -0.15) is 10.5 Å². The number of aromatic nitrogens is 1. The molecular formula is C27H21N4O2P. The SMILES string of the molecule is COC(=O)C1CN(c2cccc(-c3[nH]c4ccc(P)cc4c3-c3c(C#N)cccc3C#N)c2)C1. The van der Waals surface area contributed by atoms with E-state index < -0.39 is 0 Å². The molecule has 1 saturated heterocycles. The predicted octanol–water partition coefficient (Wildman–Crippen LogP) is 4.35. The molecule has 0 spiro atoms. The van der Waals surface area contributed by atoms with Gasteiger partial charge in [0.15, 0.2) is 0 Å². The molecule has 0 amide bonds. The van der Waals surface area contributed by atoms with E-state index in [0.717, 1.165) is 38.7 Å². The van der Waals surface area contributed by atoms with Crippen molar-refractivity contribution >= 4 is 37.1 Å². The second-order valence-electron chi connectivity index (χ2n) is 8.31. The number of H-pyrrole nitrogens is 1. The first-order valence-corrected chi connectivity index (χ1v) is 11.4. The average molecular weight is 464 g/mol. The van der Waals surface area contributed by atoms with Crippen LogP contribution >= 0.6 is 9.24 Å².